The molecule has 0 saturated carbocycles. The van der Waals surface area contributed by atoms with Crippen molar-refractivity contribution < 1.29 is 9.90 Å². The van der Waals surface area contributed by atoms with Crippen LogP contribution in [0.2, 0.25) is 0 Å². The molecular formula is C13H19NO2. The van der Waals surface area contributed by atoms with E-state index in [2.05, 4.69) is 18.8 Å². The first-order valence-corrected chi connectivity index (χ1v) is 5.85. The Morgan fingerprint density at radius 1 is 1.50 bits per heavy atom. The number of nitrogens with zero attached hydrogens (tertiary/aromatic N) is 1. The van der Waals surface area contributed by atoms with Gasteiger partial charge in [0.15, 0.2) is 5.69 Å². The molecule has 1 atom stereocenters. The summed E-state index contributed by atoms with van der Waals surface area (Å²) in [6.45, 7) is 4.23. The number of hydrogen-bond donors (Lipinski definition) is 1. The van der Waals surface area contributed by atoms with Crippen LogP contribution in [0.25, 0.3) is 0 Å². The zero-order chi connectivity index (χ0) is 12.0. The van der Waals surface area contributed by atoms with Crippen LogP contribution < -0.4 is 0 Å². The highest BCUT2D eigenvalue weighted by molar-refractivity contribution is 5.87. The van der Waals surface area contributed by atoms with Crippen LogP contribution in [0.1, 0.15) is 61.5 Å². The Hall–Kier alpha value is -1.38. The predicted octanol–water partition coefficient (Wildman–Crippen LogP) is 3.46. The molecule has 0 radical (unpaired) electrons. The number of pyridine rings is 1. The summed E-state index contributed by atoms with van der Waals surface area (Å²) >= 11 is 0. The van der Waals surface area contributed by atoms with E-state index in [-0.39, 0.29) is 11.6 Å². The van der Waals surface area contributed by atoms with Crippen LogP contribution in [0.5, 0.6) is 0 Å². The van der Waals surface area contributed by atoms with Gasteiger partial charge in [-0.05, 0) is 24.0 Å². The van der Waals surface area contributed by atoms with Crippen molar-refractivity contribution in [3.63, 3.8) is 0 Å². The van der Waals surface area contributed by atoms with Crippen LogP contribution in [0.4, 0.5) is 0 Å². The Bertz CT molecular complexity index is 350. The number of rotatable bonds is 6. The molecule has 3 heteroatoms. The summed E-state index contributed by atoms with van der Waals surface area (Å²) in [5.74, 6) is -0.663. The van der Waals surface area contributed by atoms with Crippen molar-refractivity contribution in [1.29, 1.82) is 0 Å². The first-order valence-electron chi connectivity index (χ1n) is 5.85. The molecule has 0 aliphatic heterocycles. The topological polar surface area (TPSA) is 50.2 Å². The monoisotopic (exact) mass is 221 g/mol. The third-order valence-corrected chi connectivity index (χ3v) is 2.81. The van der Waals surface area contributed by atoms with Gasteiger partial charge in [-0.2, -0.15) is 0 Å². The van der Waals surface area contributed by atoms with Crippen molar-refractivity contribution >= 4 is 5.97 Å². The summed E-state index contributed by atoms with van der Waals surface area (Å²) in [5.41, 5.74) is 1.05. The van der Waals surface area contributed by atoms with E-state index in [0.29, 0.717) is 0 Å². The molecule has 0 bridgehead atoms. The zero-order valence-corrected chi connectivity index (χ0v) is 9.94. The highest BCUT2D eigenvalue weighted by Gasteiger charge is 2.15. The fraction of sp³-hybridized carbons (Fsp3) is 0.538. The first-order chi connectivity index (χ1) is 7.66. The molecule has 0 saturated heterocycles. The number of carboxylic acid groups (broad SMARTS) is 1. The van der Waals surface area contributed by atoms with Crippen LogP contribution in [-0.4, -0.2) is 16.1 Å². The van der Waals surface area contributed by atoms with Gasteiger partial charge >= 0.3 is 5.97 Å². The van der Waals surface area contributed by atoms with Crippen LogP contribution in [0, 0.1) is 0 Å². The quantitative estimate of drug-likeness (QED) is 0.748. The highest BCUT2D eigenvalue weighted by Crippen LogP contribution is 2.23. The molecule has 1 aromatic rings. The average molecular weight is 221 g/mol. The van der Waals surface area contributed by atoms with Gasteiger partial charge in [0.05, 0.1) is 0 Å². The molecule has 1 unspecified atom stereocenters. The molecule has 0 spiro atoms. The molecule has 1 N–H and O–H groups in total. The van der Waals surface area contributed by atoms with Gasteiger partial charge in [0.1, 0.15) is 0 Å². The van der Waals surface area contributed by atoms with E-state index in [4.69, 9.17) is 5.11 Å². The van der Waals surface area contributed by atoms with Crippen molar-refractivity contribution in [2.24, 2.45) is 0 Å². The molecule has 0 aliphatic rings. The number of unbranched alkanes of at least 4 members (excludes halogenated alkanes) is 2. The van der Waals surface area contributed by atoms with Crippen LogP contribution >= 0.6 is 0 Å². The molecule has 1 aromatic heterocycles. The number of carbonyl (C=O) groups is 1. The van der Waals surface area contributed by atoms with Gasteiger partial charge < -0.3 is 5.11 Å². The lowest BCUT2D eigenvalue weighted by atomic mass is 9.94. The minimum absolute atomic E-state index is 0.200. The molecule has 3 nitrogen and oxygen atoms in total. The molecular weight excluding hydrogens is 202 g/mol. The molecule has 0 amide bonds. The summed E-state index contributed by atoms with van der Waals surface area (Å²) in [6.07, 6.45) is 6.09. The second-order valence-electron chi connectivity index (χ2n) is 4.14. The lowest BCUT2D eigenvalue weighted by Crippen LogP contribution is -2.07. The maximum atomic E-state index is 11.0. The van der Waals surface area contributed by atoms with Gasteiger partial charge in [-0.15, -0.1) is 0 Å². The average Bonchev–Trinajstić information content (AvgIpc) is 2.29. The molecule has 88 valence electrons. The van der Waals surface area contributed by atoms with E-state index >= 15 is 0 Å². The molecule has 0 aromatic carbocycles. The summed E-state index contributed by atoms with van der Waals surface area (Å²) in [6, 6.07) is 3.67. The van der Waals surface area contributed by atoms with Crippen molar-refractivity contribution in [2.45, 2.75) is 45.4 Å². The lowest BCUT2D eigenvalue weighted by Gasteiger charge is -2.13. The predicted molar refractivity (Wildman–Crippen MR) is 63.8 cm³/mol. The Balaban J connectivity index is 2.74. The number of hydrogen-bond acceptors (Lipinski definition) is 2. The normalized spacial score (nSPS) is 12.4. The Labute approximate surface area is 96.5 Å². The van der Waals surface area contributed by atoms with Gasteiger partial charge in [0.25, 0.3) is 0 Å². The molecule has 16 heavy (non-hydrogen) atoms. The molecule has 1 heterocycles. The molecule has 0 aliphatic carbocycles. The van der Waals surface area contributed by atoms with Gasteiger partial charge in [0.2, 0.25) is 0 Å². The van der Waals surface area contributed by atoms with E-state index < -0.39 is 5.97 Å². The first kappa shape index (κ1) is 12.7. The van der Waals surface area contributed by atoms with E-state index in [0.717, 1.165) is 18.4 Å². The fourth-order valence-electron chi connectivity index (χ4n) is 1.85. The fourth-order valence-corrected chi connectivity index (χ4v) is 1.85. The Kier molecular flexibility index (Phi) is 4.96. The van der Waals surface area contributed by atoms with E-state index in [1.807, 2.05) is 6.07 Å². The maximum absolute atomic E-state index is 11.0. The van der Waals surface area contributed by atoms with Crippen molar-refractivity contribution in [3.05, 3.63) is 29.6 Å². The van der Waals surface area contributed by atoms with E-state index in [1.54, 1.807) is 6.07 Å². The summed E-state index contributed by atoms with van der Waals surface area (Å²) in [5, 5.41) is 9.02. The van der Waals surface area contributed by atoms with Gasteiger partial charge in [-0.25, -0.2) is 9.78 Å². The number of aromatic nitrogens is 1. The highest BCUT2D eigenvalue weighted by atomic mass is 16.4. The van der Waals surface area contributed by atoms with E-state index in [9.17, 15) is 4.79 Å². The third-order valence-electron chi connectivity index (χ3n) is 2.81. The second kappa shape index (κ2) is 6.26. The lowest BCUT2D eigenvalue weighted by molar-refractivity contribution is 0.0688. The van der Waals surface area contributed by atoms with Gasteiger partial charge in [-0.3, -0.25) is 0 Å². The summed E-state index contributed by atoms with van der Waals surface area (Å²) in [7, 11) is 0. The smallest absolute Gasteiger partial charge is 0.354 e. The Morgan fingerprint density at radius 2 is 2.25 bits per heavy atom. The number of aromatic carboxylic acids is 1. The summed E-state index contributed by atoms with van der Waals surface area (Å²) < 4.78 is 0. The SMILES string of the molecule is CCCCCC(C)c1cccnc1C(=O)O. The minimum atomic E-state index is -0.932. The van der Waals surface area contributed by atoms with Crippen molar-refractivity contribution in [3.8, 4) is 0 Å². The van der Waals surface area contributed by atoms with Crippen molar-refractivity contribution in [2.75, 3.05) is 0 Å². The minimum Gasteiger partial charge on any atom is -0.477 e. The van der Waals surface area contributed by atoms with Crippen LogP contribution in [0.3, 0.4) is 0 Å². The Morgan fingerprint density at radius 3 is 2.88 bits per heavy atom. The van der Waals surface area contributed by atoms with Gasteiger partial charge in [0, 0.05) is 6.20 Å². The van der Waals surface area contributed by atoms with Crippen LogP contribution in [0.15, 0.2) is 18.3 Å². The largest absolute Gasteiger partial charge is 0.477 e. The second-order valence-corrected chi connectivity index (χ2v) is 4.14. The molecule has 1 rings (SSSR count). The maximum Gasteiger partial charge on any atom is 0.354 e. The van der Waals surface area contributed by atoms with E-state index in [1.165, 1.54) is 19.0 Å². The standard InChI is InChI=1S/C13H19NO2/c1-3-4-5-7-10(2)11-8-6-9-14-12(11)13(15)16/h6,8-10H,3-5,7H2,1-2H3,(H,15,16). The third kappa shape index (κ3) is 3.33. The van der Waals surface area contributed by atoms with Gasteiger partial charge in [-0.1, -0.05) is 39.2 Å². The molecule has 0 fully saturated rings. The zero-order valence-electron chi connectivity index (χ0n) is 9.94. The van der Waals surface area contributed by atoms with Crippen LogP contribution in [-0.2, 0) is 0 Å². The number of carboxylic acids is 1. The van der Waals surface area contributed by atoms with Crippen molar-refractivity contribution in [1.82, 2.24) is 4.98 Å². The summed E-state index contributed by atoms with van der Waals surface area (Å²) in [4.78, 5) is 14.9.